The number of amides is 1. The Morgan fingerprint density at radius 1 is 1.45 bits per heavy atom. The number of nitrogens with zero attached hydrogens (tertiary/aromatic N) is 5. The number of hydrogen-bond donors (Lipinski definition) is 3. The van der Waals surface area contributed by atoms with Crippen LogP contribution in [0.15, 0.2) is 22.7 Å². The standard InChI is InChI=1S/C19H19BrClN7O4S/c1-9-11(20)12(21)13(24-9)17(29)25-10-3-4-27(7-10)19-26-14(15(33-19)18(30)31)16-22-8-23-28(16)5-6-32-2/h7-8,24H,3-6H2,1-2H3,(H,25,29)(H,30,31). The van der Waals surface area contributed by atoms with Crippen LogP contribution in [-0.4, -0.2) is 62.0 Å². The number of aromatic nitrogens is 5. The van der Waals surface area contributed by atoms with Crippen LogP contribution in [0.3, 0.4) is 0 Å². The van der Waals surface area contributed by atoms with E-state index >= 15 is 0 Å². The van der Waals surface area contributed by atoms with Crippen LogP contribution in [0.1, 0.15) is 32.3 Å². The van der Waals surface area contributed by atoms with Crippen molar-refractivity contribution in [1.29, 1.82) is 0 Å². The first-order valence-electron chi connectivity index (χ1n) is 9.73. The van der Waals surface area contributed by atoms with Gasteiger partial charge in [0.25, 0.3) is 5.91 Å². The molecule has 1 amide bonds. The zero-order chi connectivity index (χ0) is 23.7. The molecule has 3 N–H and O–H groups in total. The molecule has 0 saturated heterocycles. The lowest BCUT2D eigenvalue weighted by atomic mass is 10.3. The van der Waals surface area contributed by atoms with Crippen molar-refractivity contribution in [3.05, 3.63) is 44.0 Å². The first kappa shape index (κ1) is 23.4. The van der Waals surface area contributed by atoms with E-state index in [-0.39, 0.29) is 22.2 Å². The van der Waals surface area contributed by atoms with E-state index in [1.807, 2.05) is 0 Å². The number of anilines is 1. The molecule has 4 heterocycles. The van der Waals surface area contributed by atoms with Gasteiger partial charge >= 0.3 is 5.97 Å². The van der Waals surface area contributed by atoms with Crippen LogP contribution in [0.5, 0.6) is 0 Å². The van der Waals surface area contributed by atoms with E-state index in [0.717, 1.165) is 17.0 Å². The molecule has 3 aromatic heterocycles. The summed E-state index contributed by atoms with van der Waals surface area (Å²) >= 11 is 10.6. The Bertz CT molecular complexity index is 1250. The number of carboxylic acids is 1. The van der Waals surface area contributed by atoms with Gasteiger partial charge in [-0.15, -0.1) is 0 Å². The summed E-state index contributed by atoms with van der Waals surface area (Å²) in [6.07, 6.45) is 3.64. The zero-order valence-corrected chi connectivity index (χ0v) is 20.7. The van der Waals surface area contributed by atoms with Gasteiger partial charge in [0.05, 0.1) is 22.6 Å². The fourth-order valence-corrected chi connectivity index (χ4v) is 4.73. The van der Waals surface area contributed by atoms with E-state index in [9.17, 15) is 14.7 Å². The maximum absolute atomic E-state index is 12.6. The van der Waals surface area contributed by atoms with Crippen molar-refractivity contribution in [3.8, 4) is 11.5 Å². The van der Waals surface area contributed by atoms with Crippen molar-refractivity contribution in [2.75, 3.05) is 25.2 Å². The van der Waals surface area contributed by atoms with E-state index in [1.165, 1.54) is 6.33 Å². The third-order valence-corrected chi connectivity index (χ3v) is 7.56. The molecule has 4 rings (SSSR count). The normalized spacial score (nSPS) is 13.5. The number of carbonyl (C=O) groups is 2. The molecule has 11 nitrogen and oxygen atoms in total. The fourth-order valence-electron chi connectivity index (χ4n) is 3.26. The Balaban J connectivity index is 1.57. The second-order valence-electron chi connectivity index (χ2n) is 7.08. The summed E-state index contributed by atoms with van der Waals surface area (Å²) in [6, 6.07) is 0. The molecule has 33 heavy (non-hydrogen) atoms. The summed E-state index contributed by atoms with van der Waals surface area (Å²) < 4.78 is 7.28. The predicted octanol–water partition coefficient (Wildman–Crippen LogP) is 3.28. The molecule has 0 fully saturated rings. The minimum absolute atomic E-state index is 0.0565. The maximum atomic E-state index is 12.6. The van der Waals surface area contributed by atoms with Gasteiger partial charge in [0.2, 0.25) is 0 Å². The number of aryl methyl sites for hydroxylation is 1. The van der Waals surface area contributed by atoms with Crippen LogP contribution >= 0.6 is 38.9 Å². The lowest BCUT2D eigenvalue weighted by Gasteiger charge is -2.09. The van der Waals surface area contributed by atoms with Crippen molar-refractivity contribution in [2.24, 2.45) is 0 Å². The SMILES string of the molecule is COCCn1ncnc1-c1nc(N2C=C(NC(=O)c3[nH]c(C)c(Br)c3Cl)CC2)sc1C(=O)O. The smallest absolute Gasteiger partial charge is 0.348 e. The number of aromatic carboxylic acids is 1. The van der Waals surface area contributed by atoms with Gasteiger partial charge in [-0.05, 0) is 22.9 Å². The first-order chi connectivity index (χ1) is 15.8. The van der Waals surface area contributed by atoms with Gasteiger partial charge in [0, 0.05) is 37.7 Å². The molecule has 0 saturated carbocycles. The molecule has 1 aliphatic rings. The number of carboxylic acid groups (broad SMARTS) is 1. The molecule has 1 aliphatic heterocycles. The van der Waals surface area contributed by atoms with E-state index < -0.39 is 5.97 Å². The van der Waals surface area contributed by atoms with E-state index in [1.54, 1.807) is 29.8 Å². The molecule has 0 radical (unpaired) electrons. The second kappa shape index (κ2) is 9.63. The number of carbonyl (C=O) groups excluding carboxylic acids is 1. The van der Waals surface area contributed by atoms with Crippen molar-refractivity contribution in [3.63, 3.8) is 0 Å². The van der Waals surface area contributed by atoms with Gasteiger partial charge in [-0.1, -0.05) is 22.9 Å². The molecule has 0 spiro atoms. The fraction of sp³-hybridized carbons (Fsp3) is 0.316. The highest BCUT2D eigenvalue weighted by Crippen LogP contribution is 2.34. The van der Waals surface area contributed by atoms with Gasteiger partial charge in [-0.2, -0.15) is 5.10 Å². The van der Waals surface area contributed by atoms with Gasteiger partial charge in [-0.3, -0.25) is 4.79 Å². The monoisotopic (exact) mass is 555 g/mol. The molecule has 0 aliphatic carbocycles. The lowest BCUT2D eigenvalue weighted by Crippen LogP contribution is -2.22. The molecular weight excluding hydrogens is 538 g/mol. The Morgan fingerprint density at radius 3 is 2.91 bits per heavy atom. The molecule has 0 aromatic carbocycles. The number of halogens is 2. The Kier molecular flexibility index (Phi) is 6.83. The second-order valence-corrected chi connectivity index (χ2v) is 9.23. The number of hydrogen-bond acceptors (Lipinski definition) is 8. The van der Waals surface area contributed by atoms with E-state index in [2.05, 4.69) is 41.3 Å². The van der Waals surface area contributed by atoms with Crippen LogP contribution in [0, 0.1) is 6.92 Å². The quantitative estimate of drug-likeness (QED) is 0.384. The zero-order valence-electron chi connectivity index (χ0n) is 17.6. The topological polar surface area (TPSA) is 138 Å². The van der Waals surface area contributed by atoms with Crippen LogP contribution in [0.2, 0.25) is 5.02 Å². The summed E-state index contributed by atoms with van der Waals surface area (Å²) in [7, 11) is 1.57. The third-order valence-electron chi connectivity index (χ3n) is 4.88. The highest BCUT2D eigenvalue weighted by molar-refractivity contribution is 9.10. The molecule has 174 valence electrons. The third kappa shape index (κ3) is 4.67. The highest BCUT2D eigenvalue weighted by atomic mass is 79.9. The van der Waals surface area contributed by atoms with Gasteiger partial charge < -0.3 is 25.0 Å². The summed E-state index contributed by atoms with van der Waals surface area (Å²) in [4.78, 5) is 38.0. The molecule has 0 bridgehead atoms. The number of rotatable bonds is 8. The van der Waals surface area contributed by atoms with Gasteiger partial charge in [0.1, 0.15) is 22.6 Å². The predicted molar refractivity (Wildman–Crippen MR) is 126 cm³/mol. The number of nitrogens with one attached hydrogen (secondary N) is 2. The van der Waals surface area contributed by atoms with Crippen molar-refractivity contribution in [2.45, 2.75) is 19.9 Å². The number of ether oxygens (including phenoxy) is 1. The average molecular weight is 557 g/mol. The summed E-state index contributed by atoms with van der Waals surface area (Å²) in [5, 5.41) is 17.5. The summed E-state index contributed by atoms with van der Waals surface area (Å²) in [6.45, 7) is 3.14. The number of aromatic amines is 1. The molecule has 14 heteroatoms. The highest BCUT2D eigenvalue weighted by Gasteiger charge is 2.27. The van der Waals surface area contributed by atoms with Crippen molar-refractivity contribution in [1.82, 2.24) is 30.0 Å². The maximum Gasteiger partial charge on any atom is 0.348 e. The minimum atomic E-state index is -1.10. The van der Waals surface area contributed by atoms with Crippen LogP contribution < -0.4 is 10.2 Å². The molecular formula is C19H19BrClN7O4S. The van der Waals surface area contributed by atoms with Crippen molar-refractivity contribution >= 4 is 55.9 Å². The Morgan fingerprint density at radius 2 is 2.24 bits per heavy atom. The molecule has 0 unspecified atom stereocenters. The first-order valence-corrected chi connectivity index (χ1v) is 11.7. The number of thiazole rings is 1. The van der Waals surface area contributed by atoms with Gasteiger partial charge in [0.15, 0.2) is 11.0 Å². The van der Waals surface area contributed by atoms with Crippen LogP contribution in [0.25, 0.3) is 11.5 Å². The molecule has 0 atom stereocenters. The summed E-state index contributed by atoms with van der Waals surface area (Å²) in [5.41, 5.74) is 1.92. The van der Waals surface area contributed by atoms with Crippen LogP contribution in [-0.2, 0) is 11.3 Å². The van der Waals surface area contributed by atoms with Crippen molar-refractivity contribution < 1.29 is 19.4 Å². The summed E-state index contributed by atoms with van der Waals surface area (Å²) in [5.74, 6) is -1.11. The van der Waals surface area contributed by atoms with Crippen LogP contribution in [0.4, 0.5) is 5.13 Å². The Hall–Kier alpha value is -2.74. The largest absolute Gasteiger partial charge is 0.477 e. The average Bonchev–Trinajstić information content (AvgIpc) is 3.56. The van der Waals surface area contributed by atoms with Gasteiger partial charge in [-0.25, -0.2) is 19.4 Å². The minimum Gasteiger partial charge on any atom is -0.477 e. The van der Waals surface area contributed by atoms with E-state index in [4.69, 9.17) is 16.3 Å². The lowest BCUT2D eigenvalue weighted by molar-refractivity contribution is 0.0702. The number of H-pyrrole nitrogens is 1. The molecule has 3 aromatic rings. The Labute approximate surface area is 205 Å². The number of methoxy groups -OCH3 is 1. The van der Waals surface area contributed by atoms with E-state index in [0.29, 0.717) is 52.3 Å².